The van der Waals surface area contributed by atoms with Gasteiger partial charge in [0.25, 0.3) is 0 Å². The van der Waals surface area contributed by atoms with E-state index in [4.69, 9.17) is 0 Å². The molecule has 0 heterocycles. The molecule has 1 aliphatic carbocycles. The number of hydrogen-bond acceptors (Lipinski definition) is 2. The van der Waals surface area contributed by atoms with Crippen LogP contribution >= 0.6 is 0 Å². The average molecular weight is 171 g/mol. The number of nitro groups is 1. The number of allylic oxidation sites excluding steroid dienone is 3. The first kappa shape index (κ1) is 8.90. The Morgan fingerprint density at radius 3 is 2.75 bits per heavy atom. The zero-order chi connectivity index (χ0) is 9.14. The molecule has 1 unspecified atom stereocenters. The smallest absolute Gasteiger partial charge is 0.258 e. The molecule has 0 aliphatic heterocycles. The molecule has 0 spiro atoms. The Labute approximate surface area is 69.7 Å². The van der Waals surface area contributed by atoms with Crippen LogP contribution in [-0.2, 0) is 0 Å². The van der Waals surface area contributed by atoms with E-state index >= 15 is 0 Å². The molecule has 0 aromatic heterocycles. The van der Waals surface area contributed by atoms with Gasteiger partial charge in [0, 0.05) is 0 Å². The van der Waals surface area contributed by atoms with Crippen molar-refractivity contribution in [3.63, 3.8) is 0 Å². The summed E-state index contributed by atoms with van der Waals surface area (Å²) < 4.78 is 12.9. The van der Waals surface area contributed by atoms with Crippen molar-refractivity contribution in [1.82, 2.24) is 0 Å². The Balaban J connectivity index is 2.89. The summed E-state index contributed by atoms with van der Waals surface area (Å²) in [6.45, 7) is 1.93. The van der Waals surface area contributed by atoms with Gasteiger partial charge < -0.3 is 0 Å². The van der Waals surface area contributed by atoms with Crippen LogP contribution in [-0.4, -0.2) is 4.92 Å². The van der Waals surface area contributed by atoms with Gasteiger partial charge in [-0.25, -0.2) is 0 Å². The van der Waals surface area contributed by atoms with Crippen molar-refractivity contribution in [3.8, 4) is 0 Å². The maximum absolute atomic E-state index is 12.9. The summed E-state index contributed by atoms with van der Waals surface area (Å²) in [6, 6.07) is 0. The second-order valence-corrected chi connectivity index (χ2v) is 2.98. The Morgan fingerprint density at radius 1 is 1.58 bits per heavy atom. The van der Waals surface area contributed by atoms with Crippen molar-refractivity contribution in [2.45, 2.75) is 19.8 Å². The van der Waals surface area contributed by atoms with Gasteiger partial charge in [0.05, 0.1) is 4.92 Å². The molecule has 12 heavy (non-hydrogen) atoms. The van der Waals surface area contributed by atoms with Crippen molar-refractivity contribution >= 4 is 0 Å². The van der Waals surface area contributed by atoms with E-state index < -0.39 is 10.8 Å². The lowest BCUT2D eigenvalue weighted by molar-refractivity contribution is -0.423. The quantitative estimate of drug-likeness (QED) is 0.449. The fraction of sp³-hybridized carbons (Fsp3) is 0.500. The largest absolute Gasteiger partial charge is 0.300 e. The van der Waals surface area contributed by atoms with Crippen LogP contribution in [0.1, 0.15) is 19.8 Å². The summed E-state index contributed by atoms with van der Waals surface area (Å²) in [4.78, 5) is 9.60. The van der Waals surface area contributed by atoms with Gasteiger partial charge in [0.1, 0.15) is 0 Å². The lowest BCUT2D eigenvalue weighted by Gasteiger charge is -1.99. The Bertz CT molecular complexity index is 258. The molecule has 0 radical (unpaired) electrons. The van der Waals surface area contributed by atoms with Crippen LogP contribution in [0.4, 0.5) is 4.39 Å². The van der Waals surface area contributed by atoms with E-state index in [-0.39, 0.29) is 11.6 Å². The molecule has 0 bridgehead atoms. The van der Waals surface area contributed by atoms with Gasteiger partial charge >= 0.3 is 5.70 Å². The molecule has 1 rings (SSSR count). The van der Waals surface area contributed by atoms with Crippen LogP contribution < -0.4 is 0 Å². The van der Waals surface area contributed by atoms with Crippen molar-refractivity contribution in [3.05, 3.63) is 33.8 Å². The van der Waals surface area contributed by atoms with Gasteiger partial charge in [-0.2, -0.15) is 4.39 Å². The lowest BCUT2D eigenvalue weighted by Crippen LogP contribution is -1.98. The minimum absolute atomic E-state index is 0.285. The second-order valence-electron chi connectivity index (χ2n) is 2.98. The first-order valence-corrected chi connectivity index (χ1v) is 3.82. The third-order valence-corrected chi connectivity index (χ3v) is 1.85. The highest BCUT2D eigenvalue weighted by atomic mass is 19.1. The van der Waals surface area contributed by atoms with Crippen molar-refractivity contribution in [2.24, 2.45) is 5.92 Å². The van der Waals surface area contributed by atoms with Crippen LogP contribution in [0.15, 0.2) is 23.7 Å². The van der Waals surface area contributed by atoms with Gasteiger partial charge in [-0.3, -0.25) is 10.1 Å². The second kappa shape index (κ2) is 3.47. The molecule has 0 amide bonds. The fourth-order valence-electron chi connectivity index (χ4n) is 1.08. The van der Waals surface area contributed by atoms with E-state index in [1.165, 1.54) is 12.2 Å². The highest BCUT2D eigenvalue weighted by molar-refractivity contribution is 5.20. The van der Waals surface area contributed by atoms with Crippen molar-refractivity contribution in [2.75, 3.05) is 0 Å². The van der Waals surface area contributed by atoms with Gasteiger partial charge in [-0.05, 0) is 30.9 Å². The summed E-state index contributed by atoms with van der Waals surface area (Å²) >= 11 is 0. The lowest BCUT2D eigenvalue weighted by atomic mass is 10.1. The SMILES string of the molecule is CC1CC=C(F)C([N+](=O)[O-])=CC1. The van der Waals surface area contributed by atoms with Crippen LogP contribution in [0.3, 0.4) is 0 Å². The molecule has 0 saturated heterocycles. The Kier molecular flexibility index (Phi) is 2.58. The summed E-state index contributed by atoms with van der Waals surface area (Å²) in [5.41, 5.74) is -0.389. The van der Waals surface area contributed by atoms with Crippen molar-refractivity contribution < 1.29 is 9.31 Å². The van der Waals surface area contributed by atoms with Gasteiger partial charge in [0.15, 0.2) is 5.83 Å². The number of halogens is 1. The third kappa shape index (κ3) is 1.90. The zero-order valence-electron chi connectivity index (χ0n) is 6.79. The zero-order valence-corrected chi connectivity index (χ0v) is 6.79. The molecule has 4 heteroatoms. The molecule has 0 fully saturated rings. The molecule has 0 aromatic rings. The minimum atomic E-state index is -0.704. The number of rotatable bonds is 1. The Morgan fingerprint density at radius 2 is 2.17 bits per heavy atom. The fourth-order valence-corrected chi connectivity index (χ4v) is 1.08. The summed E-state index contributed by atoms with van der Waals surface area (Å²) in [6.07, 6.45) is 3.77. The first-order valence-electron chi connectivity index (χ1n) is 3.82. The van der Waals surface area contributed by atoms with E-state index in [9.17, 15) is 14.5 Å². The third-order valence-electron chi connectivity index (χ3n) is 1.85. The van der Waals surface area contributed by atoms with Crippen LogP contribution in [0, 0.1) is 16.0 Å². The van der Waals surface area contributed by atoms with Gasteiger partial charge in [-0.15, -0.1) is 0 Å². The molecule has 66 valence electrons. The summed E-state index contributed by atoms with van der Waals surface area (Å²) in [5, 5.41) is 10.3. The highest BCUT2D eigenvalue weighted by Gasteiger charge is 2.20. The molecule has 0 saturated carbocycles. The molecule has 0 aromatic carbocycles. The maximum Gasteiger partial charge on any atom is 0.300 e. The topological polar surface area (TPSA) is 43.1 Å². The van der Waals surface area contributed by atoms with Gasteiger partial charge in [-0.1, -0.05) is 6.92 Å². The predicted octanol–water partition coefficient (Wildman–Crippen LogP) is 2.43. The maximum atomic E-state index is 12.9. The first-order chi connectivity index (χ1) is 5.61. The minimum Gasteiger partial charge on any atom is -0.258 e. The summed E-state index contributed by atoms with van der Waals surface area (Å²) in [7, 11) is 0. The number of nitrogens with zero attached hydrogens (tertiary/aromatic N) is 1. The standard InChI is InChI=1S/C8H10FNO2/c1-6-2-4-7(9)8(5-3-6)10(11)12/h4-6H,2-3H2,1H3. The highest BCUT2D eigenvalue weighted by Crippen LogP contribution is 2.22. The van der Waals surface area contributed by atoms with E-state index in [0.717, 1.165) is 0 Å². The van der Waals surface area contributed by atoms with E-state index in [1.807, 2.05) is 6.92 Å². The molecule has 1 atom stereocenters. The molecule has 0 N–H and O–H groups in total. The summed E-state index contributed by atoms with van der Waals surface area (Å²) in [5.74, 6) is -0.419. The van der Waals surface area contributed by atoms with E-state index in [1.54, 1.807) is 0 Å². The van der Waals surface area contributed by atoms with Crippen molar-refractivity contribution in [1.29, 1.82) is 0 Å². The molecule has 3 nitrogen and oxygen atoms in total. The number of hydrogen-bond donors (Lipinski definition) is 0. The van der Waals surface area contributed by atoms with E-state index in [0.29, 0.717) is 12.8 Å². The van der Waals surface area contributed by atoms with Crippen LogP contribution in [0.5, 0.6) is 0 Å². The normalized spacial score (nSPS) is 24.0. The van der Waals surface area contributed by atoms with Crippen LogP contribution in [0.2, 0.25) is 0 Å². The van der Waals surface area contributed by atoms with E-state index in [2.05, 4.69) is 0 Å². The van der Waals surface area contributed by atoms with Crippen LogP contribution in [0.25, 0.3) is 0 Å². The van der Waals surface area contributed by atoms with Gasteiger partial charge in [0.2, 0.25) is 0 Å². The Hall–Kier alpha value is -1.19. The average Bonchev–Trinajstić information content (AvgIpc) is 2.14. The molecular weight excluding hydrogens is 161 g/mol. The monoisotopic (exact) mass is 171 g/mol. The molecular formula is C8H10FNO2. The predicted molar refractivity (Wildman–Crippen MR) is 42.7 cm³/mol. The molecule has 1 aliphatic rings.